The third-order valence-electron chi connectivity index (χ3n) is 2.00. The maximum atomic E-state index is 4.13. The molecule has 0 radical (unpaired) electrons. The molecule has 0 unspecified atom stereocenters. The molecule has 2 aromatic rings. The zero-order chi connectivity index (χ0) is 16.0. The lowest BCUT2D eigenvalue weighted by atomic mass is 10.2. The zero-order valence-corrected chi connectivity index (χ0v) is 15.1. The number of hydrogen-bond acceptors (Lipinski definition) is 3. The molecule has 0 fully saturated rings. The van der Waals surface area contributed by atoms with Gasteiger partial charge in [0.2, 0.25) is 0 Å². The Morgan fingerprint density at radius 3 is 1.80 bits per heavy atom. The summed E-state index contributed by atoms with van der Waals surface area (Å²) >= 11 is 1.72. The van der Waals surface area contributed by atoms with Crippen molar-refractivity contribution in [2.75, 3.05) is 0 Å². The maximum absolute atomic E-state index is 4.13. The summed E-state index contributed by atoms with van der Waals surface area (Å²) in [6.07, 6.45) is 5.60. The first-order valence-electron chi connectivity index (χ1n) is 7.49. The molecule has 0 atom stereocenters. The number of nitrogens with zero attached hydrogens (tertiary/aromatic N) is 3. The van der Waals surface area contributed by atoms with Gasteiger partial charge in [0.15, 0.2) is 0 Å². The molecule has 2 aromatic heterocycles. The summed E-state index contributed by atoms with van der Waals surface area (Å²) in [5.41, 5.74) is 0. The molecule has 0 aromatic carbocycles. The molecule has 2 heterocycles. The minimum Gasteiger partial charge on any atom is -0.270 e. The van der Waals surface area contributed by atoms with Gasteiger partial charge in [0, 0.05) is 35.9 Å². The van der Waals surface area contributed by atoms with Crippen LogP contribution in [0.2, 0.25) is 0 Å². The Kier molecular flexibility index (Phi) is 15.1. The molecule has 0 aliphatic rings. The van der Waals surface area contributed by atoms with Crippen molar-refractivity contribution < 1.29 is 0 Å². The van der Waals surface area contributed by atoms with Crippen molar-refractivity contribution in [3.05, 3.63) is 35.0 Å². The minimum absolute atomic E-state index is 0.491. The molecular formula is C16H31N3S. The molecule has 3 nitrogen and oxygen atoms in total. The Labute approximate surface area is 129 Å². The average molecular weight is 298 g/mol. The first-order chi connectivity index (χ1) is 9.61. The van der Waals surface area contributed by atoms with E-state index in [0.29, 0.717) is 12.0 Å². The van der Waals surface area contributed by atoms with E-state index in [2.05, 4.69) is 37.8 Å². The maximum Gasteiger partial charge on any atom is 0.0950 e. The topological polar surface area (TPSA) is 30.7 Å². The highest BCUT2D eigenvalue weighted by molar-refractivity contribution is 7.09. The van der Waals surface area contributed by atoms with Gasteiger partial charge in [0.05, 0.1) is 5.01 Å². The fraction of sp³-hybridized carbons (Fsp3) is 0.625. The molecular weight excluding hydrogens is 266 g/mol. The molecule has 0 aliphatic heterocycles. The van der Waals surface area contributed by atoms with Crippen LogP contribution in [0.4, 0.5) is 0 Å². The molecule has 0 amide bonds. The highest BCUT2D eigenvalue weighted by atomic mass is 32.1. The Hall–Kier alpha value is -1.16. The molecule has 4 heteroatoms. The summed E-state index contributed by atoms with van der Waals surface area (Å²) in [7, 11) is 0. The second-order valence-corrected chi connectivity index (χ2v) is 5.03. The summed E-state index contributed by atoms with van der Waals surface area (Å²) < 4.78 is 1.92. The van der Waals surface area contributed by atoms with Crippen LogP contribution < -0.4 is 0 Å². The Morgan fingerprint density at radius 1 is 1.00 bits per heavy atom. The van der Waals surface area contributed by atoms with Crippen LogP contribution in [0.1, 0.15) is 72.4 Å². The molecule has 0 saturated heterocycles. The van der Waals surface area contributed by atoms with E-state index in [9.17, 15) is 0 Å². The predicted molar refractivity (Wildman–Crippen MR) is 91.5 cm³/mol. The summed E-state index contributed by atoms with van der Waals surface area (Å²) in [4.78, 5) is 4.13. The van der Waals surface area contributed by atoms with Gasteiger partial charge in [0.25, 0.3) is 0 Å². The summed E-state index contributed by atoms with van der Waals surface area (Å²) in [6, 6.07) is 2.42. The van der Waals surface area contributed by atoms with Gasteiger partial charge in [-0.3, -0.25) is 4.68 Å². The molecule has 0 saturated carbocycles. The number of hydrogen-bond donors (Lipinski definition) is 0. The van der Waals surface area contributed by atoms with E-state index in [1.807, 2.05) is 56.2 Å². The third kappa shape index (κ3) is 9.73. The van der Waals surface area contributed by atoms with E-state index in [1.165, 1.54) is 5.01 Å². The van der Waals surface area contributed by atoms with Gasteiger partial charge in [-0.1, -0.05) is 41.5 Å². The first-order valence-corrected chi connectivity index (χ1v) is 8.37. The van der Waals surface area contributed by atoms with Crippen molar-refractivity contribution >= 4 is 11.3 Å². The van der Waals surface area contributed by atoms with Gasteiger partial charge in [-0.05, 0) is 19.9 Å². The van der Waals surface area contributed by atoms with Crippen LogP contribution in [0.25, 0.3) is 0 Å². The Morgan fingerprint density at radius 2 is 1.60 bits per heavy atom. The molecule has 20 heavy (non-hydrogen) atoms. The Balaban J connectivity index is 0. The molecule has 0 bridgehead atoms. The van der Waals surface area contributed by atoms with Crippen LogP contribution in [0.15, 0.2) is 30.0 Å². The normalized spacial score (nSPS) is 8.90. The van der Waals surface area contributed by atoms with Crippen LogP contribution in [0.3, 0.4) is 0 Å². The quantitative estimate of drug-likeness (QED) is 0.703. The fourth-order valence-electron chi connectivity index (χ4n) is 1.11. The van der Waals surface area contributed by atoms with E-state index in [1.54, 1.807) is 17.5 Å². The van der Waals surface area contributed by atoms with Crippen LogP contribution in [0, 0.1) is 0 Å². The summed E-state index contributed by atoms with van der Waals surface area (Å²) in [6.45, 7) is 16.5. The van der Waals surface area contributed by atoms with Crippen molar-refractivity contribution in [1.29, 1.82) is 0 Å². The summed E-state index contributed by atoms with van der Waals surface area (Å²) in [5, 5.41) is 7.27. The fourth-order valence-corrected chi connectivity index (χ4v) is 1.76. The first kappa shape index (κ1) is 21.1. The van der Waals surface area contributed by atoms with Gasteiger partial charge in [0.1, 0.15) is 0 Å². The smallest absolute Gasteiger partial charge is 0.0950 e. The second-order valence-electron chi connectivity index (χ2n) is 4.10. The SMILES string of the molecule is CC.CC.CC(C)c1nccs1.CC(C)n1cccn1. The monoisotopic (exact) mass is 297 g/mol. The van der Waals surface area contributed by atoms with Gasteiger partial charge < -0.3 is 0 Å². The number of thiazole rings is 1. The van der Waals surface area contributed by atoms with Gasteiger partial charge >= 0.3 is 0 Å². The standard InChI is InChI=1S/C6H10N2.C6H9NS.2C2H6/c1-6(2)8-5-3-4-7-8;1-5(2)6-7-3-4-8-6;2*1-2/h3-6H,1-2H3;3-5H,1-2H3;2*1-2H3. The van der Waals surface area contributed by atoms with Gasteiger partial charge in [-0.15, -0.1) is 11.3 Å². The van der Waals surface area contributed by atoms with E-state index in [0.717, 1.165) is 0 Å². The van der Waals surface area contributed by atoms with E-state index < -0.39 is 0 Å². The molecule has 0 N–H and O–H groups in total. The number of rotatable bonds is 2. The lowest BCUT2D eigenvalue weighted by molar-refractivity contribution is 0.532. The predicted octanol–water partition coefficient (Wildman–Crippen LogP) is 5.78. The van der Waals surface area contributed by atoms with Crippen molar-refractivity contribution in [1.82, 2.24) is 14.8 Å². The lowest BCUT2D eigenvalue weighted by Crippen LogP contribution is -1.99. The minimum atomic E-state index is 0.491. The van der Waals surface area contributed by atoms with Crippen LogP contribution in [-0.2, 0) is 0 Å². The van der Waals surface area contributed by atoms with Crippen LogP contribution in [-0.4, -0.2) is 14.8 Å². The molecule has 0 aliphatic carbocycles. The Bertz CT molecular complexity index is 326. The van der Waals surface area contributed by atoms with Gasteiger partial charge in [-0.2, -0.15) is 5.10 Å². The molecule has 116 valence electrons. The zero-order valence-electron chi connectivity index (χ0n) is 14.3. The second kappa shape index (κ2) is 14.3. The van der Waals surface area contributed by atoms with E-state index >= 15 is 0 Å². The highest BCUT2D eigenvalue weighted by Crippen LogP contribution is 2.15. The third-order valence-corrected chi connectivity index (χ3v) is 3.08. The summed E-state index contributed by atoms with van der Waals surface area (Å²) in [5.74, 6) is 0.593. The van der Waals surface area contributed by atoms with Crippen molar-refractivity contribution in [2.45, 2.75) is 67.3 Å². The van der Waals surface area contributed by atoms with E-state index in [-0.39, 0.29) is 0 Å². The highest BCUT2D eigenvalue weighted by Gasteiger charge is 1.97. The molecule has 0 spiro atoms. The van der Waals surface area contributed by atoms with E-state index in [4.69, 9.17) is 0 Å². The van der Waals surface area contributed by atoms with Gasteiger partial charge in [-0.25, -0.2) is 4.98 Å². The van der Waals surface area contributed by atoms with Crippen molar-refractivity contribution in [3.63, 3.8) is 0 Å². The van der Waals surface area contributed by atoms with Crippen LogP contribution >= 0.6 is 11.3 Å². The number of aromatic nitrogens is 3. The largest absolute Gasteiger partial charge is 0.270 e. The molecule has 2 rings (SSSR count). The van der Waals surface area contributed by atoms with Crippen molar-refractivity contribution in [2.24, 2.45) is 0 Å². The van der Waals surface area contributed by atoms with Crippen LogP contribution in [0.5, 0.6) is 0 Å². The average Bonchev–Trinajstić information content (AvgIpc) is 3.17. The van der Waals surface area contributed by atoms with Crippen molar-refractivity contribution in [3.8, 4) is 0 Å². The lowest BCUT2D eigenvalue weighted by Gasteiger charge is -2.01.